The molecule has 1 heterocycles. The third-order valence-electron chi connectivity index (χ3n) is 3.83. The monoisotopic (exact) mass is 252 g/mol. The molecule has 2 rings (SSSR count). The standard InChI is InChI=1S/C13H24N4O/c1-3-12-15-13(18-16-12)9-17(4-2)11-7-5-10(14)6-8-11/h10-11H,3-9,14H2,1-2H3. The van der Waals surface area contributed by atoms with Crippen molar-refractivity contribution in [3.05, 3.63) is 11.7 Å². The van der Waals surface area contributed by atoms with Crippen molar-refractivity contribution < 1.29 is 4.52 Å². The maximum Gasteiger partial charge on any atom is 0.240 e. The molecule has 1 saturated carbocycles. The summed E-state index contributed by atoms with van der Waals surface area (Å²) in [5, 5.41) is 3.95. The molecular weight excluding hydrogens is 228 g/mol. The fourth-order valence-electron chi connectivity index (χ4n) is 2.64. The molecule has 0 spiro atoms. The highest BCUT2D eigenvalue weighted by atomic mass is 16.5. The van der Waals surface area contributed by atoms with Crippen LogP contribution in [0.15, 0.2) is 4.52 Å². The van der Waals surface area contributed by atoms with Gasteiger partial charge in [-0.3, -0.25) is 4.90 Å². The second kappa shape index (κ2) is 6.29. The van der Waals surface area contributed by atoms with Crippen molar-refractivity contribution in [3.8, 4) is 0 Å². The Hall–Kier alpha value is -0.940. The summed E-state index contributed by atoms with van der Waals surface area (Å²) in [6.45, 7) is 6.01. The maximum absolute atomic E-state index is 5.95. The van der Waals surface area contributed by atoms with Crippen LogP contribution in [-0.4, -0.2) is 33.7 Å². The van der Waals surface area contributed by atoms with E-state index in [0.717, 1.165) is 44.1 Å². The van der Waals surface area contributed by atoms with E-state index in [1.54, 1.807) is 0 Å². The molecular formula is C13H24N4O. The molecule has 0 saturated heterocycles. The minimum Gasteiger partial charge on any atom is -0.338 e. The predicted octanol–water partition coefficient (Wildman–Crippen LogP) is 1.72. The maximum atomic E-state index is 5.95. The van der Waals surface area contributed by atoms with E-state index in [1.807, 2.05) is 6.92 Å². The summed E-state index contributed by atoms with van der Waals surface area (Å²) in [7, 11) is 0. The van der Waals surface area contributed by atoms with Crippen LogP contribution < -0.4 is 5.73 Å². The van der Waals surface area contributed by atoms with Gasteiger partial charge in [0.05, 0.1) is 6.54 Å². The summed E-state index contributed by atoms with van der Waals surface area (Å²) in [5.41, 5.74) is 5.95. The summed E-state index contributed by atoms with van der Waals surface area (Å²) in [6, 6.07) is 1.02. The first-order valence-corrected chi connectivity index (χ1v) is 7.04. The van der Waals surface area contributed by atoms with Gasteiger partial charge in [-0.15, -0.1) is 0 Å². The first-order valence-electron chi connectivity index (χ1n) is 7.04. The van der Waals surface area contributed by atoms with Crippen LogP contribution in [0, 0.1) is 0 Å². The molecule has 1 aromatic heterocycles. The third kappa shape index (κ3) is 3.29. The van der Waals surface area contributed by atoms with Crippen LogP contribution in [0.5, 0.6) is 0 Å². The van der Waals surface area contributed by atoms with E-state index < -0.39 is 0 Å². The zero-order chi connectivity index (χ0) is 13.0. The number of hydrogen-bond acceptors (Lipinski definition) is 5. The first kappa shape index (κ1) is 13.5. The topological polar surface area (TPSA) is 68.2 Å². The van der Waals surface area contributed by atoms with Gasteiger partial charge in [-0.05, 0) is 32.2 Å². The molecule has 0 amide bonds. The predicted molar refractivity (Wildman–Crippen MR) is 70.0 cm³/mol. The number of aromatic nitrogens is 2. The molecule has 18 heavy (non-hydrogen) atoms. The summed E-state index contributed by atoms with van der Waals surface area (Å²) in [6.07, 6.45) is 5.46. The van der Waals surface area contributed by atoms with E-state index in [0.29, 0.717) is 12.1 Å². The van der Waals surface area contributed by atoms with Crippen LogP contribution in [0.4, 0.5) is 0 Å². The summed E-state index contributed by atoms with van der Waals surface area (Å²) in [5.74, 6) is 1.54. The molecule has 0 bridgehead atoms. The molecule has 0 aliphatic heterocycles. The van der Waals surface area contributed by atoms with Crippen molar-refractivity contribution in [2.75, 3.05) is 6.54 Å². The van der Waals surface area contributed by atoms with Gasteiger partial charge in [0.25, 0.3) is 0 Å². The first-order chi connectivity index (χ1) is 8.72. The normalized spacial score (nSPS) is 24.7. The summed E-state index contributed by atoms with van der Waals surface area (Å²) in [4.78, 5) is 6.81. The quantitative estimate of drug-likeness (QED) is 0.864. The average molecular weight is 252 g/mol. The second-order valence-electron chi connectivity index (χ2n) is 5.09. The lowest BCUT2D eigenvalue weighted by molar-refractivity contribution is 0.133. The Morgan fingerprint density at radius 1 is 1.28 bits per heavy atom. The minimum absolute atomic E-state index is 0.398. The largest absolute Gasteiger partial charge is 0.338 e. The highest BCUT2D eigenvalue weighted by Crippen LogP contribution is 2.23. The SMILES string of the molecule is CCc1noc(CN(CC)C2CCC(N)CC2)n1. The molecule has 0 radical (unpaired) electrons. The molecule has 0 unspecified atom stereocenters. The highest BCUT2D eigenvalue weighted by Gasteiger charge is 2.24. The van der Waals surface area contributed by atoms with Gasteiger partial charge >= 0.3 is 0 Å². The lowest BCUT2D eigenvalue weighted by atomic mass is 9.91. The van der Waals surface area contributed by atoms with Crippen molar-refractivity contribution in [2.24, 2.45) is 5.73 Å². The lowest BCUT2D eigenvalue weighted by Gasteiger charge is -2.34. The highest BCUT2D eigenvalue weighted by molar-refractivity contribution is 4.88. The van der Waals surface area contributed by atoms with Gasteiger partial charge < -0.3 is 10.3 Å². The van der Waals surface area contributed by atoms with Crippen LogP contribution in [0.25, 0.3) is 0 Å². The van der Waals surface area contributed by atoms with Crippen LogP contribution in [0.2, 0.25) is 0 Å². The van der Waals surface area contributed by atoms with Gasteiger partial charge in [0.15, 0.2) is 5.82 Å². The molecule has 5 heteroatoms. The van der Waals surface area contributed by atoms with Gasteiger partial charge in [0.2, 0.25) is 5.89 Å². The van der Waals surface area contributed by atoms with Crippen molar-refractivity contribution >= 4 is 0 Å². The Labute approximate surface area is 109 Å². The van der Waals surface area contributed by atoms with E-state index in [4.69, 9.17) is 10.3 Å². The fourth-order valence-corrected chi connectivity index (χ4v) is 2.64. The molecule has 0 atom stereocenters. The molecule has 102 valence electrons. The van der Waals surface area contributed by atoms with Crippen molar-refractivity contribution in [1.29, 1.82) is 0 Å². The Bertz CT molecular complexity index is 358. The zero-order valence-corrected chi connectivity index (χ0v) is 11.4. The Morgan fingerprint density at radius 3 is 2.56 bits per heavy atom. The minimum atomic E-state index is 0.398. The fraction of sp³-hybridized carbons (Fsp3) is 0.846. The van der Waals surface area contributed by atoms with Gasteiger partial charge in [-0.2, -0.15) is 4.98 Å². The Balaban J connectivity index is 1.92. The van der Waals surface area contributed by atoms with Crippen molar-refractivity contribution in [3.63, 3.8) is 0 Å². The zero-order valence-electron chi connectivity index (χ0n) is 11.4. The number of hydrogen-bond donors (Lipinski definition) is 1. The van der Waals surface area contributed by atoms with Crippen molar-refractivity contribution in [1.82, 2.24) is 15.0 Å². The van der Waals surface area contributed by atoms with Crippen molar-refractivity contribution in [2.45, 2.75) is 64.6 Å². The molecule has 1 aliphatic carbocycles. The average Bonchev–Trinajstić information content (AvgIpc) is 2.85. The van der Waals surface area contributed by atoms with E-state index in [1.165, 1.54) is 12.8 Å². The number of rotatable bonds is 5. The Kier molecular flexibility index (Phi) is 4.72. The van der Waals surface area contributed by atoms with E-state index in [-0.39, 0.29) is 0 Å². The van der Waals surface area contributed by atoms with Crippen LogP contribution >= 0.6 is 0 Å². The summed E-state index contributed by atoms with van der Waals surface area (Å²) < 4.78 is 5.27. The van der Waals surface area contributed by atoms with E-state index >= 15 is 0 Å². The van der Waals surface area contributed by atoms with E-state index in [9.17, 15) is 0 Å². The molecule has 2 N–H and O–H groups in total. The van der Waals surface area contributed by atoms with Crippen LogP contribution in [0.3, 0.4) is 0 Å². The number of aryl methyl sites for hydroxylation is 1. The molecule has 1 aliphatic rings. The molecule has 5 nitrogen and oxygen atoms in total. The summed E-state index contributed by atoms with van der Waals surface area (Å²) >= 11 is 0. The molecule has 0 aromatic carbocycles. The smallest absolute Gasteiger partial charge is 0.240 e. The van der Waals surface area contributed by atoms with Gasteiger partial charge in [0, 0.05) is 18.5 Å². The lowest BCUT2D eigenvalue weighted by Crippen LogP contribution is -2.40. The number of nitrogens with two attached hydrogens (primary N) is 1. The van der Waals surface area contributed by atoms with E-state index in [2.05, 4.69) is 22.0 Å². The Morgan fingerprint density at radius 2 is 2.00 bits per heavy atom. The van der Waals surface area contributed by atoms with Crippen LogP contribution in [-0.2, 0) is 13.0 Å². The van der Waals surface area contributed by atoms with Gasteiger partial charge in [-0.25, -0.2) is 0 Å². The third-order valence-corrected chi connectivity index (χ3v) is 3.83. The molecule has 1 aromatic rings. The van der Waals surface area contributed by atoms with Crippen LogP contribution in [0.1, 0.15) is 51.2 Å². The number of nitrogens with zero attached hydrogens (tertiary/aromatic N) is 3. The van der Waals surface area contributed by atoms with Gasteiger partial charge in [-0.1, -0.05) is 19.0 Å². The molecule has 1 fully saturated rings. The van der Waals surface area contributed by atoms with Gasteiger partial charge in [0.1, 0.15) is 0 Å². The second-order valence-corrected chi connectivity index (χ2v) is 5.09.